The highest BCUT2D eigenvalue weighted by atomic mass is 19.1. The molecule has 0 bridgehead atoms. The molecule has 0 fully saturated rings. The number of hydrogen-bond donors (Lipinski definition) is 1. The third-order valence-corrected chi connectivity index (χ3v) is 2.68. The van der Waals surface area contributed by atoms with Crippen LogP contribution in [-0.2, 0) is 11.2 Å². The largest absolute Gasteiger partial charge is 0.493 e. The van der Waals surface area contributed by atoms with Crippen LogP contribution in [0.25, 0.3) is 0 Å². The third-order valence-electron chi connectivity index (χ3n) is 2.68. The Hall–Kier alpha value is -1.58. The summed E-state index contributed by atoms with van der Waals surface area (Å²) in [5, 5.41) is 9.07. The number of aryl methyl sites for hydroxylation is 1. The zero-order valence-corrected chi connectivity index (χ0v) is 10.5. The number of benzene rings is 1. The molecule has 3 nitrogen and oxygen atoms in total. The fraction of sp³-hybridized carbons (Fsp3) is 0.462. The molecular weight excluding hydrogens is 223 g/mol. The van der Waals surface area contributed by atoms with Gasteiger partial charge in [-0.3, -0.25) is 4.79 Å². The minimum absolute atomic E-state index is 0.130. The number of methoxy groups -OCH3 is 1. The van der Waals surface area contributed by atoms with E-state index in [1.807, 2.05) is 0 Å². The summed E-state index contributed by atoms with van der Waals surface area (Å²) in [6.07, 6.45) is 0.226. The van der Waals surface area contributed by atoms with Crippen molar-refractivity contribution in [2.45, 2.75) is 27.2 Å². The average Bonchev–Trinajstić information content (AvgIpc) is 2.15. The molecule has 4 heteroatoms. The smallest absolute Gasteiger partial charge is 0.309 e. The van der Waals surface area contributed by atoms with Crippen LogP contribution in [0, 0.1) is 18.2 Å². The maximum absolute atomic E-state index is 13.6. The third kappa shape index (κ3) is 2.96. The first kappa shape index (κ1) is 13.5. The lowest BCUT2D eigenvalue weighted by molar-refractivity contribution is -0.146. The lowest BCUT2D eigenvalue weighted by Crippen LogP contribution is -2.26. The van der Waals surface area contributed by atoms with Crippen LogP contribution in [0.2, 0.25) is 0 Å². The lowest BCUT2D eigenvalue weighted by atomic mass is 9.85. The zero-order chi connectivity index (χ0) is 13.2. The first-order valence-corrected chi connectivity index (χ1v) is 5.34. The standard InChI is InChI=1S/C13H17FO3/c1-8-5-9(7-13(2,3)12(15)16)11(17-4)10(14)6-8/h5-6H,7H2,1-4H3,(H,15,16). The number of carboxylic acid groups (broad SMARTS) is 1. The summed E-state index contributed by atoms with van der Waals surface area (Å²) in [5.41, 5.74) is 0.380. The quantitative estimate of drug-likeness (QED) is 0.880. The maximum Gasteiger partial charge on any atom is 0.309 e. The van der Waals surface area contributed by atoms with Gasteiger partial charge in [0.05, 0.1) is 12.5 Å². The van der Waals surface area contributed by atoms with Gasteiger partial charge in [0.15, 0.2) is 11.6 Å². The van der Waals surface area contributed by atoms with Crippen molar-refractivity contribution in [1.82, 2.24) is 0 Å². The van der Waals surface area contributed by atoms with Crippen LogP contribution in [-0.4, -0.2) is 18.2 Å². The molecule has 0 aliphatic heterocycles. The van der Waals surface area contributed by atoms with Gasteiger partial charge in [0.25, 0.3) is 0 Å². The monoisotopic (exact) mass is 240 g/mol. The number of halogens is 1. The van der Waals surface area contributed by atoms with Crippen LogP contribution in [0.1, 0.15) is 25.0 Å². The average molecular weight is 240 g/mol. The van der Waals surface area contributed by atoms with Gasteiger partial charge in [0, 0.05) is 0 Å². The molecule has 0 amide bonds. The summed E-state index contributed by atoms with van der Waals surface area (Å²) in [7, 11) is 1.38. The Morgan fingerprint density at radius 3 is 2.53 bits per heavy atom. The molecule has 0 radical (unpaired) electrons. The Morgan fingerprint density at radius 1 is 1.47 bits per heavy atom. The highest BCUT2D eigenvalue weighted by Gasteiger charge is 2.29. The molecule has 0 saturated heterocycles. The molecule has 0 atom stereocenters. The van der Waals surface area contributed by atoms with E-state index < -0.39 is 17.2 Å². The minimum atomic E-state index is -0.951. The highest BCUT2D eigenvalue weighted by molar-refractivity contribution is 5.74. The molecule has 1 aromatic rings. The van der Waals surface area contributed by atoms with Gasteiger partial charge in [-0.25, -0.2) is 4.39 Å². The second-order valence-corrected chi connectivity index (χ2v) is 4.80. The highest BCUT2D eigenvalue weighted by Crippen LogP contribution is 2.31. The van der Waals surface area contributed by atoms with Crippen molar-refractivity contribution < 1.29 is 19.0 Å². The molecule has 1 aromatic carbocycles. The van der Waals surface area contributed by atoms with Crippen LogP contribution in [0.3, 0.4) is 0 Å². The Morgan fingerprint density at radius 2 is 2.06 bits per heavy atom. The van der Waals surface area contributed by atoms with Crippen molar-refractivity contribution in [3.8, 4) is 5.75 Å². The van der Waals surface area contributed by atoms with Gasteiger partial charge in [-0.05, 0) is 44.4 Å². The molecule has 17 heavy (non-hydrogen) atoms. The summed E-state index contributed by atoms with van der Waals surface area (Å²) in [6.45, 7) is 4.98. The number of carbonyl (C=O) groups is 1. The molecule has 1 N–H and O–H groups in total. The number of hydrogen-bond acceptors (Lipinski definition) is 2. The molecular formula is C13H17FO3. The van der Waals surface area contributed by atoms with E-state index in [1.165, 1.54) is 13.2 Å². The predicted octanol–water partition coefficient (Wildman–Crippen LogP) is 2.80. The molecule has 0 heterocycles. The fourth-order valence-corrected chi connectivity index (χ4v) is 1.71. The molecule has 0 spiro atoms. The Bertz CT molecular complexity index is 439. The van der Waals surface area contributed by atoms with Gasteiger partial charge in [-0.15, -0.1) is 0 Å². The van der Waals surface area contributed by atoms with Gasteiger partial charge in [-0.1, -0.05) is 6.07 Å². The summed E-state index contributed by atoms with van der Waals surface area (Å²) in [4.78, 5) is 11.1. The molecule has 0 aliphatic carbocycles. The molecule has 0 aliphatic rings. The Balaban J connectivity index is 3.18. The minimum Gasteiger partial charge on any atom is -0.493 e. The first-order chi connectivity index (χ1) is 7.77. The predicted molar refractivity (Wildman–Crippen MR) is 62.8 cm³/mol. The number of carboxylic acids is 1. The molecule has 0 saturated carbocycles. The van der Waals surface area contributed by atoms with E-state index >= 15 is 0 Å². The van der Waals surface area contributed by atoms with E-state index in [9.17, 15) is 9.18 Å². The second kappa shape index (κ2) is 4.73. The maximum atomic E-state index is 13.6. The Kier molecular flexibility index (Phi) is 3.76. The van der Waals surface area contributed by atoms with Crippen molar-refractivity contribution in [3.63, 3.8) is 0 Å². The van der Waals surface area contributed by atoms with Crippen molar-refractivity contribution in [3.05, 3.63) is 29.1 Å². The van der Waals surface area contributed by atoms with E-state index in [-0.39, 0.29) is 12.2 Å². The van der Waals surface area contributed by atoms with Gasteiger partial charge < -0.3 is 9.84 Å². The topological polar surface area (TPSA) is 46.5 Å². The number of aliphatic carboxylic acids is 1. The van der Waals surface area contributed by atoms with Gasteiger partial charge >= 0.3 is 5.97 Å². The van der Waals surface area contributed by atoms with Crippen molar-refractivity contribution in [2.24, 2.45) is 5.41 Å². The van der Waals surface area contributed by atoms with Crippen LogP contribution >= 0.6 is 0 Å². The van der Waals surface area contributed by atoms with Crippen molar-refractivity contribution in [1.29, 1.82) is 0 Å². The SMILES string of the molecule is COc1c(F)cc(C)cc1CC(C)(C)C(=O)O. The van der Waals surface area contributed by atoms with E-state index in [0.29, 0.717) is 5.56 Å². The van der Waals surface area contributed by atoms with Crippen molar-refractivity contribution >= 4 is 5.97 Å². The summed E-state index contributed by atoms with van der Waals surface area (Å²) in [5.74, 6) is -1.24. The zero-order valence-electron chi connectivity index (χ0n) is 10.5. The van der Waals surface area contributed by atoms with Gasteiger partial charge in [-0.2, -0.15) is 0 Å². The van der Waals surface area contributed by atoms with Gasteiger partial charge in [0.2, 0.25) is 0 Å². The van der Waals surface area contributed by atoms with Crippen molar-refractivity contribution in [2.75, 3.05) is 7.11 Å². The molecule has 0 unspecified atom stereocenters. The van der Waals surface area contributed by atoms with E-state index in [4.69, 9.17) is 9.84 Å². The molecule has 94 valence electrons. The van der Waals surface area contributed by atoms with E-state index in [1.54, 1.807) is 26.8 Å². The first-order valence-electron chi connectivity index (χ1n) is 5.34. The lowest BCUT2D eigenvalue weighted by Gasteiger charge is -2.21. The fourth-order valence-electron chi connectivity index (χ4n) is 1.71. The summed E-state index contributed by atoms with van der Waals surface area (Å²) < 4.78 is 18.6. The number of rotatable bonds is 4. The van der Waals surface area contributed by atoms with Crippen LogP contribution in [0.4, 0.5) is 4.39 Å². The normalized spacial score (nSPS) is 11.4. The van der Waals surface area contributed by atoms with E-state index in [2.05, 4.69) is 0 Å². The molecule has 1 rings (SSSR count). The second-order valence-electron chi connectivity index (χ2n) is 4.80. The van der Waals surface area contributed by atoms with Crippen LogP contribution < -0.4 is 4.74 Å². The Labute approximate surface area is 100 Å². The van der Waals surface area contributed by atoms with E-state index in [0.717, 1.165) is 5.56 Å². The van der Waals surface area contributed by atoms with Gasteiger partial charge in [0.1, 0.15) is 0 Å². The molecule has 0 aromatic heterocycles. The number of ether oxygens (including phenoxy) is 1. The van der Waals surface area contributed by atoms with Crippen LogP contribution in [0.5, 0.6) is 5.75 Å². The van der Waals surface area contributed by atoms with Crippen LogP contribution in [0.15, 0.2) is 12.1 Å². The summed E-state index contributed by atoms with van der Waals surface area (Å²) in [6, 6.07) is 3.13. The summed E-state index contributed by atoms with van der Waals surface area (Å²) >= 11 is 0.